The van der Waals surface area contributed by atoms with Crippen molar-refractivity contribution in [2.24, 2.45) is 0 Å². The predicted molar refractivity (Wildman–Crippen MR) is 124 cm³/mol. The summed E-state index contributed by atoms with van der Waals surface area (Å²) in [6.45, 7) is 0.435. The van der Waals surface area contributed by atoms with Crippen LogP contribution in [0.25, 0.3) is 0 Å². The zero-order valence-corrected chi connectivity index (χ0v) is 17.4. The van der Waals surface area contributed by atoms with Gasteiger partial charge in [-0.25, -0.2) is 0 Å². The first kappa shape index (κ1) is 20.4. The average molecular weight is 429 g/mol. The number of ether oxygens (including phenoxy) is 1. The van der Waals surface area contributed by atoms with Gasteiger partial charge in [0, 0.05) is 16.9 Å². The average Bonchev–Trinajstić information content (AvgIpc) is 3.35. The summed E-state index contributed by atoms with van der Waals surface area (Å²) >= 11 is 1.39. The predicted octanol–water partition coefficient (Wildman–Crippen LogP) is 5.83. The van der Waals surface area contributed by atoms with Crippen molar-refractivity contribution in [3.05, 3.63) is 112 Å². The first-order valence-electron chi connectivity index (χ1n) is 9.70. The highest BCUT2D eigenvalue weighted by atomic mass is 32.1. The number of rotatable bonds is 7. The zero-order chi connectivity index (χ0) is 21.5. The Morgan fingerprint density at radius 3 is 1.97 bits per heavy atom. The SMILES string of the molecule is O=C(Nc1ccc(NC(=O)c2cccs2)cc1)c1ccc(COc2ccccc2)cc1. The molecule has 1 heterocycles. The molecule has 0 saturated carbocycles. The van der Waals surface area contributed by atoms with E-state index in [1.807, 2.05) is 53.9 Å². The number of carbonyl (C=O) groups is 2. The van der Waals surface area contributed by atoms with Crippen molar-refractivity contribution in [3.63, 3.8) is 0 Å². The maximum absolute atomic E-state index is 12.5. The third kappa shape index (κ3) is 5.58. The molecule has 5 nitrogen and oxygen atoms in total. The fourth-order valence-corrected chi connectivity index (χ4v) is 3.50. The molecule has 0 radical (unpaired) electrons. The highest BCUT2D eigenvalue weighted by molar-refractivity contribution is 7.12. The third-order valence-electron chi connectivity index (χ3n) is 4.51. The highest BCUT2D eigenvalue weighted by Crippen LogP contribution is 2.18. The molecule has 0 unspecified atom stereocenters. The largest absolute Gasteiger partial charge is 0.489 e. The van der Waals surface area contributed by atoms with E-state index in [1.165, 1.54) is 11.3 Å². The molecule has 0 atom stereocenters. The number of nitrogens with one attached hydrogen (secondary N) is 2. The molecule has 2 amide bonds. The molecule has 0 spiro atoms. The maximum Gasteiger partial charge on any atom is 0.265 e. The molecule has 1 aromatic heterocycles. The lowest BCUT2D eigenvalue weighted by atomic mass is 10.1. The lowest BCUT2D eigenvalue weighted by molar-refractivity contribution is 0.102. The second-order valence-electron chi connectivity index (χ2n) is 6.76. The standard InChI is InChI=1S/C25H20N2O3S/c28-24(19-10-8-18(9-11-19)17-30-22-5-2-1-3-6-22)26-20-12-14-21(15-13-20)27-25(29)23-7-4-16-31-23/h1-16H,17H2,(H,26,28)(H,27,29). The number of benzene rings is 3. The second-order valence-corrected chi connectivity index (χ2v) is 7.71. The molecule has 6 heteroatoms. The van der Waals surface area contributed by atoms with Crippen molar-refractivity contribution in [1.29, 1.82) is 0 Å². The van der Waals surface area contributed by atoms with Crippen molar-refractivity contribution >= 4 is 34.5 Å². The van der Waals surface area contributed by atoms with Crippen LogP contribution in [0.2, 0.25) is 0 Å². The van der Waals surface area contributed by atoms with E-state index in [4.69, 9.17) is 4.74 Å². The van der Waals surface area contributed by atoms with Gasteiger partial charge in [-0.1, -0.05) is 36.4 Å². The van der Waals surface area contributed by atoms with Crippen LogP contribution in [-0.4, -0.2) is 11.8 Å². The van der Waals surface area contributed by atoms with E-state index in [0.717, 1.165) is 11.3 Å². The molecule has 0 aliphatic heterocycles. The summed E-state index contributed by atoms with van der Waals surface area (Å²) < 4.78 is 5.72. The van der Waals surface area contributed by atoms with Gasteiger partial charge in [0.15, 0.2) is 0 Å². The molecular weight excluding hydrogens is 408 g/mol. The number of hydrogen-bond acceptors (Lipinski definition) is 4. The Bertz CT molecular complexity index is 1140. The summed E-state index contributed by atoms with van der Waals surface area (Å²) in [4.78, 5) is 25.3. The summed E-state index contributed by atoms with van der Waals surface area (Å²) in [5.74, 6) is 0.452. The van der Waals surface area contributed by atoms with Crippen LogP contribution in [0.3, 0.4) is 0 Å². The normalized spacial score (nSPS) is 10.3. The Kier molecular flexibility index (Phi) is 6.40. The highest BCUT2D eigenvalue weighted by Gasteiger charge is 2.09. The van der Waals surface area contributed by atoms with Gasteiger partial charge in [0.05, 0.1) is 4.88 Å². The van der Waals surface area contributed by atoms with Crippen LogP contribution in [0.1, 0.15) is 25.6 Å². The van der Waals surface area contributed by atoms with Gasteiger partial charge >= 0.3 is 0 Å². The Labute approximate surface area is 184 Å². The number of hydrogen-bond donors (Lipinski definition) is 2. The quantitative estimate of drug-likeness (QED) is 0.389. The molecule has 0 aliphatic rings. The third-order valence-corrected chi connectivity index (χ3v) is 5.38. The molecule has 4 rings (SSSR count). The molecule has 2 N–H and O–H groups in total. The van der Waals surface area contributed by atoms with Crippen LogP contribution in [0, 0.1) is 0 Å². The van der Waals surface area contributed by atoms with Crippen LogP contribution < -0.4 is 15.4 Å². The molecule has 0 saturated heterocycles. The fraction of sp³-hybridized carbons (Fsp3) is 0.0400. The maximum atomic E-state index is 12.5. The second kappa shape index (κ2) is 9.73. The van der Waals surface area contributed by atoms with Gasteiger partial charge in [-0.05, 0) is 65.5 Å². The zero-order valence-electron chi connectivity index (χ0n) is 16.6. The Hall–Kier alpha value is -3.90. The summed E-state index contributed by atoms with van der Waals surface area (Å²) in [6.07, 6.45) is 0. The van der Waals surface area contributed by atoms with Crippen molar-refractivity contribution < 1.29 is 14.3 Å². The molecule has 3 aromatic carbocycles. The molecule has 0 aliphatic carbocycles. The van der Waals surface area contributed by atoms with E-state index in [0.29, 0.717) is 28.4 Å². The van der Waals surface area contributed by atoms with Crippen LogP contribution in [-0.2, 0) is 6.61 Å². The molecule has 154 valence electrons. The van der Waals surface area contributed by atoms with Crippen LogP contribution in [0.15, 0.2) is 96.4 Å². The topological polar surface area (TPSA) is 67.4 Å². The summed E-state index contributed by atoms with van der Waals surface area (Å²) in [6, 6.07) is 27.5. The van der Waals surface area contributed by atoms with Gasteiger partial charge in [0.2, 0.25) is 0 Å². The van der Waals surface area contributed by atoms with Crippen LogP contribution >= 0.6 is 11.3 Å². The van der Waals surface area contributed by atoms with E-state index in [2.05, 4.69) is 10.6 Å². The van der Waals surface area contributed by atoms with Crippen LogP contribution in [0.5, 0.6) is 5.75 Å². The Morgan fingerprint density at radius 2 is 1.35 bits per heavy atom. The lowest BCUT2D eigenvalue weighted by Gasteiger charge is -2.09. The monoisotopic (exact) mass is 428 g/mol. The number of thiophene rings is 1. The van der Waals surface area contributed by atoms with Gasteiger partial charge in [-0.2, -0.15) is 0 Å². The van der Waals surface area contributed by atoms with Crippen molar-refractivity contribution in [2.75, 3.05) is 10.6 Å². The Balaban J connectivity index is 1.31. The molecular formula is C25H20N2O3S. The van der Waals surface area contributed by atoms with E-state index >= 15 is 0 Å². The van der Waals surface area contributed by atoms with E-state index in [-0.39, 0.29) is 11.8 Å². The van der Waals surface area contributed by atoms with Crippen molar-refractivity contribution in [1.82, 2.24) is 0 Å². The van der Waals surface area contributed by atoms with Crippen molar-refractivity contribution in [2.45, 2.75) is 6.61 Å². The van der Waals surface area contributed by atoms with Gasteiger partial charge in [-0.3, -0.25) is 9.59 Å². The smallest absolute Gasteiger partial charge is 0.265 e. The van der Waals surface area contributed by atoms with Gasteiger partial charge in [0.25, 0.3) is 11.8 Å². The number of anilines is 2. The number of carbonyl (C=O) groups excluding carboxylic acids is 2. The Morgan fingerprint density at radius 1 is 0.710 bits per heavy atom. The molecule has 0 bridgehead atoms. The summed E-state index contributed by atoms with van der Waals surface area (Å²) in [5.41, 5.74) is 2.85. The van der Waals surface area contributed by atoms with Gasteiger partial charge in [-0.15, -0.1) is 11.3 Å². The van der Waals surface area contributed by atoms with E-state index in [1.54, 1.807) is 42.5 Å². The van der Waals surface area contributed by atoms with Gasteiger partial charge in [0.1, 0.15) is 12.4 Å². The van der Waals surface area contributed by atoms with Crippen LogP contribution in [0.4, 0.5) is 11.4 Å². The summed E-state index contributed by atoms with van der Waals surface area (Å²) in [7, 11) is 0. The number of amides is 2. The first-order valence-corrected chi connectivity index (χ1v) is 10.6. The molecule has 0 fully saturated rings. The van der Waals surface area contributed by atoms with E-state index in [9.17, 15) is 9.59 Å². The number of para-hydroxylation sites is 1. The minimum absolute atomic E-state index is 0.150. The van der Waals surface area contributed by atoms with Gasteiger partial charge < -0.3 is 15.4 Å². The minimum Gasteiger partial charge on any atom is -0.489 e. The minimum atomic E-state index is -0.203. The fourth-order valence-electron chi connectivity index (χ4n) is 2.88. The lowest BCUT2D eigenvalue weighted by Crippen LogP contribution is -2.12. The van der Waals surface area contributed by atoms with Crippen molar-refractivity contribution in [3.8, 4) is 5.75 Å². The molecule has 4 aromatic rings. The first-order chi connectivity index (χ1) is 15.2. The van der Waals surface area contributed by atoms with E-state index < -0.39 is 0 Å². The summed E-state index contributed by atoms with van der Waals surface area (Å²) in [5, 5.41) is 7.55. The molecule has 31 heavy (non-hydrogen) atoms.